The van der Waals surface area contributed by atoms with E-state index in [1.807, 2.05) is 71.6 Å². The van der Waals surface area contributed by atoms with Crippen molar-refractivity contribution in [2.75, 3.05) is 41.7 Å². The summed E-state index contributed by atoms with van der Waals surface area (Å²) in [7, 11) is 0. The van der Waals surface area contributed by atoms with Crippen molar-refractivity contribution in [3.63, 3.8) is 0 Å². The standard InChI is InChI=1S/C30H38N4O2/c1-22(21-30(2,3)4)20-28(35)34-18-16-33(17-19-34)25-14-12-24(13-15-25)31-29(36)32-27-11-7-9-23-8-5-6-10-26(23)27/h5-15,22H,16-21H2,1-4H3,(H2,31,32,36). The minimum atomic E-state index is -0.271. The highest BCUT2D eigenvalue weighted by molar-refractivity contribution is 6.06. The van der Waals surface area contributed by atoms with Crippen molar-refractivity contribution >= 4 is 39.8 Å². The fraction of sp³-hybridized carbons (Fsp3) is 0.400. The van der Waals surface area contributed by atoms with Gasteiger partial charge in [0.15, 0.2) is 0 Å². The first kappa shape index (κ1) is 25.5. The molecular formula is C30H38N4O2. The molecule has 0 saturated carbocycles. The van der Waals surface area contributed by atoms with Gasteiger partial charge in [0.2, 0.25) is 5.91 Å². The molecule has 0 aromatic heterocycles. The second kappa shape index (κ2) is 11.0. The molecule has 0 spiro atoms. The quantitative estimate of drug-likeness (QED) is 0.413. The van der Waals surface area contributed by atoms with Crippen molar-refractivity contribution in [1.29, 1.82) is 0 Å². The SMILES string of the molecule is CC(CC(=O)N1CCN(c2ccc(NC(=O)Nc3cccc4ccccc34)cc2)CC1)CC(C)(C)C. The normalized spacial score (nSPS) is 15.0. The Morgan fingerprint density at radius 2 is 1.53 bits per heavy atom. The van der Waals surface area contributed by atoms with Gasteiger partial charge in [-0.2, -0.15) is 0 Å². The van der Waals surface area contributed by atoms with Gasteiger partial charge >= 0.3 is 6.03 Å². The van der Waals surface area contributed by atoms with Gasteiger partial charge in [-0.15, -0.1) is 0 Å². The van der Waals surface area contributed by atoms with Crippen LogP contribution in [0.4, 0.5) is 21.9 Å². The van der Waals surface area contributed by atoms with Gasteiger partial charge in [0, 0.05) is 49.4 Å². The maximum Gasteiger partial charge on any atom is 0.323 e. The smallest absolute Gasteiger partial charge is 0.323 e. The summed E-state index contributed by atoms with van der Waals surface area (Å²) in [5.74, 6) is 0.663. The number of hydrogen-bond donors (Lipinski definition) is 2. The van der Waals surface area contributed by atoms with Crippen LogP contribution in [-0.4, -0.2) is 43.0 Å². The lowest BCUT2D eigenvalue weighted by Gasteiger charge is -2.37. The molecule has 3 amide bonds. The summed E-state index contributed by atoms with van der Waals surface area (Å²) in [4.78, 5) is 29.6. The number of piperazine rings is 1. The van der Waals surface area contributed by atoms with Crippen LogP contribution < -0.4 is 15.5 Å². The predicted molar refractivity (Wildman–Crippen MR) is 150 cm³/mol. The van der Waals surface area contributed by atoms with Gasteiger partial charge in [0.1, 0.15) is 0 Å². The Labute approximate surface area is 214 Å². The minimum absolute atomic E-state index is 0.246. The monoisotopic (exact) mass is 486 g/mol. The van der Waals surface area contributed by atoms with Crippen molar-refractivity contribution in [3.8, 4) is 0 Å². The number of nitrogens with zero attached hydrogens (tertiary/aromatic N) is 2. The summed E-state index contributed by atoms with van der Waals surface area (Å²) in [6.45, 7) is 12.0. The molecule has 4 rings (SSSR count). The van der Waals surface area contributed by atoms with Gasteiger partial charge in [-0.3, -0.25) is 4.79 Å². The molecule has 3 aromatic rings. The number of hydrogen-bond acceptors (Lipinski definition) is 3. The van der Waals surface area contributed by atoms with Crippen LogP contribution in [0.2, 0.25) is 0 Å². The summed E-state index contributed by atoms with van der Waals surface area (Å²) >= 11 is 0. The molecule has 2 N–H and O–H groups in total. The third-order valence-electron chi connectivity index (χ3n) is 6.64. The largest absolute Gasteiger partial charge is 0.368 e. The number of nitrogens with one attached hydrogen (secondary N) is 2. The van der Waals surface area contributed by atoms with E-state index in [4.69, 9.17) is 0 Å². The highest BCUT2D eigenvalue weighted by Gasteiger charge is 2.24. The van der Waals surface area contributed by atoms with Crippen LogP contribution in [-0.2, 0) is 4.79 Å². The number of fused-ring (bicyclic) bond motifs is 1. The van der Waals surface area contributed by atoms with Gasteiger partial charge < -0.3 is 20.4 Å². The Bertz CT molecular complexity index is 1190. The molecule has 6 nitrogen and oxygen atoms in total. The predicted octanol–water partition coefficient (Wildman–Crippen LogP) is 6.59. The number of carbonyl (C=O) groups excluding carboxylic acids is 2. The van der Waals surface area contributed by atoms with E-state index < -0.39 is 0 Å². The van der Waals surface area contributed by atoms with Crippen LogP contribution >= 0.6 is 0 Å². The molecule has 190 valence electrons. The number of rotatable bonds is 6. The first-order valence-corrected chi connectivity index (χ1v) is 12.9. The van der Waals surface area contributed by atoms with Crippen molar-refractivity contribution in [2.45, 2.75) is 40.5 Å². The number of carbonyl (C=O) groups is 2. The number of amides is 3. The Morgan fingerprint density at radius 1 is 0.861 bits per heavy atom. The van der Waals surface area contributed by atoms with E-state index in [-0.39, 0.29) is 17.4 Å². The molecule has 1 aliphatic rings. The van der Waals surface area contributed by atoms with Gasteiger partial charge in [0.05, 0.1) is 5.69 Å². The third kappa shape index (κ3) is 6.78. The Kier molecular flexibility index (Phi) is 7.82. The summed E-state index contributed by atoms with van der Waals surface area (Å²) in [5.41, 5.74) is 2.86. The summed E-state index contributed by atoms with van der Waals surface area (Å²) in [6.07, 6.45) is 1.68. The Hall–Kier alpha value is -3.54. The summed E-state index contributed by atoms with van der Waals surface area (Å²) in [6, 6.07) is 21.5. The first-order valence-electron chi connectivity index (χ1n) is 12.9. The molecule has 36 heavy (non-hydrogen) atoms. The van der Waals surface area contributed by atoms with E-state index in [0.29, 0.717) is 12.3 Å². The molecule has 0 aliphatic carbocycles. The van der Waals surface area contributed by atoms with Gasteiger partial charge in [-0.05, 0) is 53.5 Å². The van der Waals surface area contributed by atoms with E-state index in [1.165, 1.54) is 0 Å². The van der Waals surface area contributed by atoms with E-state index in [1.54, 1.807) is 0 Å². The van der Waals surface area contributed by atoms with Gasteiger partial charge in [-0.25, -0.2) is 4.79 Å². The molecule has 1 unspecified atom stereocenters. The lowest BCUT2D eigenvalue weighted by atomic mass is 9.84. The highest BCUT2D eigenvalue weighted by Crippen LogP contribution is 2.27. The van der Waals surface area contributed by atoms with Gasteiger partial charge in [-0.1, -0.05) is 64.1 Å². The zero-order valence-electron chi connectivity index (χ0n) is 21.9. The second-order valence-corrected chi connectivity index (χ2v) is 11.1. The van der Waals surface area contributed by atoms with Crippen LogP contribution in [0.15, 0.2) is 66.7 Å². The van der Waals surface area contributed by atoms with Crippen molar-refractivity contribution in [3.05, 3.63) is 66.7 Å². The second-order valence-electron chi connectivity index (χ2n) is 11.1. The van der Waals surface area contributed by atoms with Crippen LogP contribution in [0.3, 0.4) is 0 Å². The summed E-state index contributed by atoms with van der Waals surface area (Å²) < 4.78 is 0. The molecule has 3 aromatic carbocycles. The average Bonchev–Trinajstić information content (AvgIpc) is 2.83. The molecule has 1 fully saturated rings. The maximum absolute atomic E-state index is 12.7. The molecular weight excluding hydrogens is 448 g/mol. The lowest BCUT2D eigenvalue weighted by molar-refractivity contribution is -0.132. The van der Waals surface area contributed by atoms with Crippen LogP contribution in [0.1, 0.15) is 40.5 Å². The Morgan fingerprint density at radius 3 is 2.22 bits per heavy atom. The minimum Gasteiger partial charge on any atom is -0.368 e. The van der Waals surface area contributed by atoms with E-state index >= 15 is 0 Å². The molecule has 6 heteroatoms. The maximum atomic E-state index is 12.7. The van der Waals surface area contributed by atoms with Gasteiger partial charge in [0.25, 0.3) is 0 Å². The molecule has 1 atom stereocenters. The molecule has 0 bridgehead atoms. The number of benzene rings is 3. The average molecular weight is 487 g/mol. The fourth-order valence-corrected chi connectivity index (χ4v) is 5.13. The number of anilines is 3. The molecule has 0 radical (unpaired) electrons. The van der Waals surface area contributed by atoms with Crippen molar-refractivity contribution < 1.29 is 9.59 Å². The highest BCUT2D eigenvalue weighted by atomic mass is 16.2. The zero-order valence-corrected chi connectivity index (χ0v) is 21.9. The van der Waals surface area contributed by atoms with E-state index in [2.05, 4.69) is 43.2 Å². The van der Waals surface area contributed by atoms with Crippen molar-refractivity contribution in [2.24, 2.45) is 11.3 Å². The lowest BCUT2D eigenvalue weighted by Crippen LogP contribution is -2.49. The molecule has 1 heterocycles. The van der Waals surface area contributed by atoms with Crippen LogP contribution in [0, 0.1) is 11.3 Å². The molecule has 1 saturated heterocycles. The third-order valence-corrected chi connectivity index (χ3v) is 6.64. The summed E-state index contributed by atoms with van der Waals surface area (Å²) in [5, 5.41) is 7.96. The van der Waals surface area contributed by atoms with E-state index in [0.717, 1.165) is 60.4 Å². The van der Waals surface area contributed by atoms with Crippen molar-refractivity contribution in [1.82, 2.24) is 4.90 Å². The Balaban J connectivity index is 1.27. The first-order chi connectivity index (χ1) is 17.2. The zero-order chi connectivity index (χ0) is 25.7. The van der Waals surface area contributed by atoms with Crippen LogP contribution in [0.5, 0.6) is 0 Å². The number of urea groups is 1. The fourth-order valence-electron chi connectivity index (χ4n) is 5.13. The van der Waals surface area contributed by atoms with E-state index in [9.17, 15) is 9.59 Å². The molecule has 1 aliphatic heterocycles. The topological polar surface area (TPSA) is 64.7 Å². The van der Waals surface area contributed by atoms with Crippen LogP contribution in [0.25, 0.3) is 10.8 Å².